The molecule has 0 spiro atoms. The van der Waals surface area contributed by atoms with Crippen molar-refractivity contribution in [2.45, 2.75) is 65.8 Å². The van der Waals surface area contributed by atoms with Crippen LogP contribution in [0, 0.1) is 5.41 Å². The molecule has 1 aliphatic carbocycles. The average molecular weight is 338 g/mol. The number of benzene rings is 2. The monoisotopic (exact) mass is 338 g/mol. The summed E-state index contributed by atoms with van der Waals surface area (Å²) in [7, 11) is 0. The van der Waals surface area contributed by atoms with Gasteiger partial charge in [-0.2, -0.15) is 0 Å². The van der Waals surface area contributed by atoms with Crippen molar-refractivity contribution in [2.75, 3.05) is 0 Å². The quantitative estimate of drug-likeness (QED) is 0.641. The van der Waals surface area contributed by atoms with Gasteiger partial charge in [-0.1, -0.05) is 64.1 Å². The van der Waals surface area contributed by atoms with E-state index in [1.807, 2.05) is 0 Å². The van der Waals surface area contributed by atoms with Crippen molar-refractivity contribution in [3.63, 3.8) is 0 Å². The lowest BCUT2D eigenvalue weighted by molar-refractivity contribution is -0.131. The summed E-state index contributed by atoms with van der Waals surface area (Å²) in [5.74, 6) is 0.891. The minimum atomic E-state index is -0.216. The highest BCUT2D eigenvalue weighted by atomic mass is 16.7. The van der Waals surface area contributed by atoms with Crippen molar-refractivity contribution in [3.05, 3.63) is 65.2 Å². The molecule has 0 radical (unpaired) electrons. The lowest BCUT2D eigenvalue weighted by atomic mass is 9.92. The minimum absolute atomic E-state index is 0.152. The summed E-state index contributed by atoms with van der Waals surface area (Å²) < 4.78 is 12.6. The summed E-state index contributed by atoms with van der Waals surface area (Å²) in [6, 6.07) is 17.0. The first-order chi connectivity index (χ1) is 11.9. The zero-order valence-corrected chi connectivity index (χ0v) is 15.9. The van der Waals surface area contributed by atoms with E-state index < -0.39 is 0 Å². The van der Waals surface area contributed by atoms with Gasteiger partial charge in [-0.05, 0) is 53.5 Å². The summed E-state index contributed by atoms with van der Waals surface area (Å²) in [5, 5.41) is 0. The van der Waals surface area contributed by atoms with Gasteiger partial charge in [0.25, 0.3) is 0 Å². The Bertz CT molecular complexity index is 657. The van der Waals surface area contributed by atoms with Crippen molar-refractivity contribution < 1.29 is 9.47 Å². The molecular weight excluding hydrogens is 308 g/mol. The van der Waals surface area contributed by atoms with Crippen LogP contribution in [0.4, 0.5) is 0 Å². The van der Waals surface area contributed by atoms with Crippen LogP contribution in [0.3, 0.4) is 0 Å². The van der Waals surface area contributed by atoms with Crippen LogP contribution in [-0.2, 0) is 24.0 Å². The van der Waals surface area contributed by atoms with Crippen LogP contribution >= 0.6 is 0 Å². The number of aryl methyl sites for hydroxylation is 1. The molecule has 1 aliphatic rings. The van der Waals surface area contributed by atoms with Crippen LogP contribution in [0.15, 0.2) is 48.5 Å². The highest BCUT2D eigenvalue weighted by molar-refractivity contribution is 5.32. The first-order valence-corrected chi connectivity index (χ1v) is 9.41. The molecule has 25 heavy (non-hydrogen) atoms. The van der Waals surface area contributed by atoms with Crippen molar-refractivity contribution in [3.8, 4) is 5.75 Å². The fourth-order valence-electron chi connectivity index (χ4n) is 3.40. The molecule has 1 unspecified atom stereocenters. The van der Waals surface area contributed by atoms with Gasteiger partial charge >= 0.3 is 0 Å². The van der Waals surface area contributed by atoms with Crippen LogP contribution in [0.1, 0.15) is 50.8 Å². The Hall–Kier alpha value is -1.80. The van der Waals surface area contributed by atoms with Gasteiger partial charge in [-0.3, -0.25) is 0 Å². The van der Waals surface area contributed by atoms with E-state index >= 15 is 0 Å². The van der Waals surface area contributed by atoms with E-state index in [4.69, 9.17) is 9.47 Å². The van der Waals surface area contributed by atoms with Gasteiger partial charge in [-0.15, -0.1) is 0 Å². The molecule has 2 aromatic rings. The van der Waals surface area contributed by atoms with Gasteiger partial charge in [0.05, 0.1) is 6.10 Å². The highest BCUT2D eigenvalue weighted by Crippen LogP contribution is 2.29. The first kappa shape index (κ1) is 18.0. The molecular formula is C23H30O2. The fraction of sp³-hybridized carbons (Fsp3) is 0.478. The molecule has 134 valence electrons. The van der Waals surface area contributed by atoms with Crippen LogP contribution in [0.2, 0.25) is 0 Å². The van der Waals surface area contributed by atoms with E-state index in [2.05, 4.69) is 76.2 Å². The summed E-state index contributed by atoms with van der Waals surface area (Å²) >= 11 is 0. The maximum absolute atomic E-state index is 6.41. The predicted molar refractivity (Wildman–Crippen MR) is 103 cm³/mol. The molecule has 2 aromatic carbocycles. The molecule has 0 fully saturated rings. The third kappa shape index (κ3) is 5.09. The Morgan fingerprint density at radius 3 is 2.08 bits per heavy atom. The van der Waals surface area contributed by atoms with Gasteiger partial charge < -0.3 is 9.47 Å². The summed E-state index contributed by atoms with van der Waals surface area (Å²) in [6.45, 7) is 8.86. The Balaban J connectivity index is 1.67. The second kappa shape index (κ2) is 7.61. The third-order valence-corrected chi connectivity index (χ3v) is 4.74. The maximum atomic E-state index is 6.41. The standard InChI is InChI=1S/C23H30O2/c1-5-17-10-12-20(13-11-17)24-22(16-23(2,3)4)25-21-14-18-8-6-7-9-19(18)15-21/h6-13,21-22H,5,14-16H2,1-4H3. The van der Waals surface area contributed by atoms with E-state index in [1.165, 1.54) is 16.7 Å². The molecule has 0 aromatic heterocycles. The summed E-state index contributed by atoms with van der Waals surface area (Å²) in [5.41, 5.74) is 4.30. The van der Waals surface area contributed by atoms with E-state index in [-0.39, 0.29) is 17.8 Å². The molecule has 3 rings (SSSR count). The van der Waals surface area contributed by atoms with Gasteiger partial charge in [0.1, 0.15) is 5.75 Å². The van der Waals surface area contributed by atoms with Gasteiger partial charge in [0, 0.05) is 6.42 Å². The van der Waals surface area contributed by atoms with Crippen molar-refractivity contribution in [1.82, 2.24) is 0 Å². The normalized spacial score (nSPS) is 15.8. The summed E-state index contributed by atoms with van der Waals surface area (Å²) in [4.78, 5) is 0. The first-order valence-electron chi connectivity index (χ1n) is 9.41. The topological polar surface area (TPSA) is 18.5 Å². The largest absolute Gasteiger partial charge is 0.465 e. The Morgan fingerprint density at radius 1 is 0.960 bits per heavy atom. The molecule has 0 heterocycles. The molecule has 0 amide bonds. The van der Waals surface area contributed by atoms with E-state index in [0.717, 1.165) is 31.4 Å². The third-order valence-electron chi connectivity index (χ3n) is 4.74. The van der Waals surface area contributed by atoms with Gasteiger partial charge in [0.2, 0.25) is 6.29 Å². The van der Waals surface area contributed by atoms with Crippen molar-refractivity contribution in [2.24, 2.45) is 5.41 Å². The highest BCUT2D eigenvalue weighted by Gasteiger charge is 2.28. The number of rotatable bonds is 6. The average Bonchev–Trinajstić information content (AvgIpc) is 2.96. The van der Waals surface area contributed by atoms with Crippen LogP contribution in [-0.4, -0.2) is 12.4 Å². The number of hydrogen-bond acceptors (Lipinski definition) is 2. The maximum Gasteiger partial charge on any atom is 0.200 e. The molecule has 0 saturated heterocycles. The van der Waals surface area contributed by atoms with E-state index in [9.17, 15) is 0 Å². The van der Waals surface area contributed by atoms with E-state index in [1.54, 1.807) is 0 Å². The smallest absolute Gasteiger partial charge is 0.200 e. The van der Waals surface area contributed by atoms with Gasteiger partial charge in [-0.25, -0.2) is 0 Å². The summed E-state index contributed by atoms with van der Waals surface area (Å²) in [6.07, 6.45) is 3.87. The second-order valence-corrected chi connectivity index (χ2v) is 8.24. The Morgan fingerprint density at radius 2 is 1.56 bits per heavy atom. The van der Waals surface area contributed by atoms with E-state index in [0.29, 0.717) is 0 Å². The number of ether oxygens (including phenoxy) is 2. The van der Waals surface area contributed by atoms with Crippen LogP contribution < -0.4 is 4.74 Å². The molecule has 2 nitrogen and oxygen atoms in total. The van der Waals surface area contributed by atoms with Crippen molar-refractivity contribution in [1.29, 1.82) is 0 Å². The lowest BCUT2D eigenvalue weighted by Crippen LogP contribution is -2.31. The predicted octanol–water partition coefficient (Wildman–Crippen LogP) is 5.57. The van der Waals surface area contributed by atoms with Gasteiger partial charge in [0.15, 0.2) is 0 Å². The van der Waals surface area contributed by atoms with Crippen LogP contribution in [0.5, 0.6) is 5.75 Å². The SMILES string of the molecule is CCc1ccc(OC(CC(C)(C)C)OC2Cc3ccccc3C2)cc1. The lowest BCUT2D eigenvalue weighted by Gasteiger charge is -2.29. The Labute approximate surface area is 152 Å². The van der Waals surface area contributed by atoms with Crippen LogP contribution in [0.25, 0.3) is 0 Å². The molecule has 1 atom stereocenters. The molecule has 0 aliphatic heterocycles. The number of fused-ring (bicyclic) bond motifs is 1. The molecule has 2 heteroatoms. The van der Waals surface area contributed by atoms with Crippen molar-refractivity contribution >= 4 is 0 Å². The Kier molecular flexibility index (Phi) is 5.48. The second-order valence-electron chi connectivity index (χ2n) is 8.24. The minimum Gasteiger partial charge on any atom is -0.465 e. The fourth-order valence-corrected chi connectivity index (χ4v) is 3.40. The molecule has 0 N–H and O–H groups in total. The number of hydrogen-bond donors (Lipinski definition) is 0. The molecule has 0 saturated carbocycles. The molecule has 0 bridgehead atoms. The zero-order chi connectivity index (χ0) is 17.9. The zero-order valence-electron chi connectivity index (χ0n) is 15.9.